The van der Waals surface area contributed by atoms with Gasteiger partial charge in [-0.3, -0.25) is 14.8 Å². The van der Waals surface area contributed by atoms with Gasteiger partial charge in [0.25, 0.3) is 11.8 Å². The van der Waals surface area contributed by atoms with Gasteiger partial charge in [0.2, 0.25) is 0 Å². The molecule has 2 amide bonds. The number of halogens is 1. The van der Waals surface area contributed by atoms with Crippen LogP contribution in [0.4, 0.5) is 10.1 Å². The molecule has 2 N–H and O–H groups in total. The van der Waals surface area contributed by atoms with E-state index in [1.165, 1.54) is 24.3 Å². The largest absolute Gasteiger partial charge is 0.384 e. The Morgan fingerprint density at radius 2 is 1.87 bits per heavy atom. The zero-order valence-corrected chi connectivity index (χ0v) is 16.9. The highest BCUT2D eigenvalue weighted by atomic mass is 19.1. The van der Waals surface area contributed by atoms with Crippen molar-refractivity contribution in [3.8, 4) is 0 Å². The summed E-state index contributed by atoms with van der Waals surface area (Å²) >= 11 is 0. The second kappa shape index (κ2) is 8.53. The number of hydroxylamine groups is 2. The first-order valence-electron chi connectivity index (χ1n) is 9.92. The van der Waals surface area contributed by atoms with E-state index in [1.54, 1.807) is 36.4 Å². The van der Waals surface area contributed by atoms with Crippen LogP contribution in [-0.4, -0.2) is 28.6 Å². The number of carbonyl (C=O) groups is 2. The van der Waals surface area contributed by atoms with Gasteiger partial charge in [0.1, 0.15) is 5.82 Å². The molecule has 0 bridgehead atoms. The lowest BCUT2D eigenvalue weighted by Gasteiger charge is -2.17. The number of hydrogen-bond donors (Lipinski definition) is 2. The summed E-state index contributed by atoms with van der Waals surface area (Å²) in [5, 5.41) is 13.9. The molecule has 4 rings (SSSR count). The third kappa shape index (κ3) is 4.25. The Morgan fingerprint density at radius 3 is 2.65 bits per heavy atom. The van der Waals surface area contributed by atoms with Crippen LogP contribution in [0.3, 0.4) is 0 Å². The lowest BCUT2D eigenvalue weighted by atomic mass is 9.97. The van der Waals surface area contributed by atoms with Crippen LogP contribution < -0.4 is 5.32 Å². The van der Waals surface area contributed by atoms with Crippen LogP contribution in [0.1, 0.15) is 32.6 Å². The first kappa shape index (κ1) is 20.5. The fourth-order valence-corrected chi connectivity index (χ4v) is 3.66. The maximum absolute atomic E-state index is 13.7. The van der Waals surface area contributed by atoms with Crippen molar-refractivity contribution in [3.05, 3.63) is 100 Å². The number of nitrogens with zero attached hydrogens (tertiary/aromatic N) is 1. The molecule has 156 valence electrons. The van der Waals surface area contributed by atoms with E-state index < -0.39 is 17.6 Å². The zero-order valence-electron chi connectivity index (χ0n) is 16.9. The van der Waals surface area contributed by atoms with Gasteiger partial charge in [-0.15, -0.1) is 5.06 Å². The molecule has 3 aromatic rings. The number of carbonyl (C=O) groups excluding carboxylic acids is 2. The van der Waals surface area contributed by atoms with Crippen molar-refractivity contribution >= 4 is 29.2 Å². The van der Waals surface area contributed by atoms with Gasteiger partial charge in [-0.2, -0.15) is 0 Å². The summed E-state index contributed by atoms with van der Waals surface area (Å²) < 4.78 is 13.7. The summed E-state index contributed by atoms with van der Waals surface area (Å²) in [6.45, 7) is 2.60. The summed E-state index contributed by atoms with van der Waals surface area (Å²) in [6.07, 6.45) is 2.24. The molecular weight excluding hydrogens is 395 g/mol. The van der Waals surface area contributed by atoms with E-state index in [0.717, 1.165) is 29.8 Å². The van der Waals surface area contributed by atoms with Crippen LogP contribution in [0.5, 0.6) is 0 Å². The summed E-state index contributed by atoms with van der Waals surface area (Å²) in [7, 11) is 0. The van der Waals surface area contributed by atoms with E-state index in [2.05, 4.69) is 5.32 Å². The van der Waals surface area contributed by atoms with E-state index in [1.807, 2.05) is 19.1 Å². The summed E-state index contributed by atoms with van der Waals surface area (Å²) in [4.78, 5) is 26.1. The van der Waals surface area contributed by atoms with Crippen LogP contribution in [0.15, 0.2) is 66.7 Å². The minimum absolute atomic E-state index is 0.0855. The number of amides is 2. The molecule has 6 heteroatoms. The predicted molar refractivity (Wildman–Crippen MR) is 117 cm³/mol. The number of aryl methyl sites for hydroxylation is 1. The first-order valence-corrected chi connectivity index (χ1v) is 9.92. The van der Waals surface area contributed by atoms with Gasteiger partial charge >= 0.3 is 0 Å². The third-order valence-corrected chi connectivity index (χ3v) is 5.27. The van der Waals surface area contributed by atoms with E-state index in [0.29, 0.717) is 11.1 Å². The smallest absolute Gasteiger partial charge is 0.285 e. The van der Waals surface area contributed by atoms with Crippen molar-refractivity contribution in [3.63, 3.8) is 0 Å². The summed E-state index contributed by atoms with van der Waals surface area (Å²) in [5.74, 6) is -2.16. The highest BCUT2D eigenvalue weighted by molar-refractivity contribution is 6.28. The molecule has 0 spiro atoms. The number of fused-ring (bicyclic) bond motifs is 1. The fraction of sp³-hybridized carbons (Fsp3) is 0.120. The maximum atomic E-state index is 13.7. The number of benzene rings is 3. The molecule has 31 heavy (non-hydrogen) atoms. The Bertz CT molecular complexity index is 1200. The van der Waals surface area contributed by atoms with E-state index in [-0.39, 0.29) is 16.2 Å². The average Bonchev–Trinajstić information content (AvgIpc) is 3.24. The van der Waals surface area contributed by atoms with Gasteiger partial charge in [0.15, 0.2) is 0 Å². The van der Waals surface area contributed by atoms with Gasteiger partial charge in [-0.25, -0.2) is 4.39 Å². The van der Waals surface area contributed by atoms with Crippen molar-refractivity contribution in [1.29, 1.82) is 0 Å². The Kier molecular flexibility index (Phi) is 5.64. The van der Waals surface area contributed by atoms with Crippen LogP contribution in [0.2, 0.25) is 0 Å². The van der Waals surface area contributed by atoms with Crippen LogP contribution in [0.25, 0.3) is 11.6 Å². The summed E-state index contributed by atoms with van der Waals surface area (Å²) in [5.41, 5.74) is 3.97. The van der Waals surface area contributed by atoms with Gasteiger partial charge in [-0.05, 0) is 72.0 Å². The normalized spacial score (nSPS) is 12.8. The SMILES string of the molecule is Cc1ccccc1C(=Cc1cccc(F)c1)C(=O)N(O)C(=O)c1ccc2c(c1)CCN2. The molecule has 0 aliphatic carbocycles. The topological polar surface area (TPSA) is 69.6 Å². The zero-order chi connectivity index (χ0) is 22.0. The Labute approximate surface area is 179 Å². The van der Waals surface area contributed by atoms with Crippen LogP contribution >= 0.6 is 0 Å². The van der Waals surface area contributed by atoms with Gasteiger partial charge in [0.05, 0.1) is 5.57 Å². The number of anilines is 1. The minimum Gasteiger partial charge on any atom is -0.384 e. The van der Waals surface area contributed by atoms with Crippen LogP contribution in [-0.2, 0) is 11.2 Å². The standard InChI is InChI=1S/C25H21FN2O3/c1-16-5-2-3-8-21(16)22(14-17-6-4-7-20(26)13-17)25(30)28(31)24(29)19-9-10-23-18(15-19)11-12-27-23/h2-10,13-15,27,31H,11-12H2,1H3. The lowest BCUT2D eigenvalue weighted by Crippen LogP contribution is -2.34. The Hall–Kier alpha value is -3.77. The van der Waals surface area contributed by atoms with E-state index in [4.69, 9.17) is 0 Å². The lowest BCUT2D eigenvalue weighted by molar-refractivity contribution is -0.146. The molecule has 0 saturated heterocycles. The molecule has 0 atom stereocenters. The molecule has 0 unspecified atom stereocenters. The number of nitrogens with one attached hydrogen (secondary N) is 1. The second-order valence-electron chi connectivity index (χ2n) is 7.40. The Morgan fingerprint density at radius 1 is 1.06 bits per heavy atom. The monoisotopic (exact) mass is 416 g/mol. The molecular formula is C25H21FN2O3. The molecule has 1 aliphatic rings. The molecule has 5 nitrogen and oxygen atoms in total. The molecule has 1 aliphatic heterocycles. The quantitative estimate of drug-likeness (QED) is 0.280. The van der Waals surface area contributed by atoms with Crippen molar-refractivity contribution in [2.45, 2.75) is 13.3 Å². The molecule has 1 heterocycles. The van der Waals surface area contributed by atoms with Crippen molar-refractivity contribution in [2.24, 2.45) is 0 Å². The van der Waals surface area contributed by atoms with Crippen molar-refractivity contribution in [1.82, 2.24) is 5.06 Å². The molecule has 0 radical (unpaired) electrons. The summed E-state index contributed by atoms with van der Waals surface area (Å²) in [6, 6.07) is 17.9. The molecule has 0 fully saturated rings. The highest BCUT2D eigenvalue weighted by Gasteiger charge is 2.27. The average molecular weight is 416 g/mol. The van der Waals surface area contributed by atoms with Crippen LogP contribution in [0, 0.1) is 12.7 Å². The van der Waals surface area contributed by atoms with Gasteiger partial charge in [0, 0.05) is 17.8 Å². The minimum atomic E-state index is -0.887. The van der Waals surface area contributed by atoms with Gasteiger partial charge in [-0.1, -0.05) is 36.4 Å². The van der Waals surface area contributed by atoms with Gasteiger partial charge < -0.3 is 5.32 Å². The molecule has 0 saturated carbocycles. The number of imide groups is 1. The number of rotatable bonds is 4. The number of hydrogen-bond acceptors (Lipinski definition) is 4. The maximum Gasteiger partial charge on any atom is 0.285 e. The first-order chi connectivity index (χ1) is 14.9. The highest BCUT2D eigenvalue weighted by Crippen LogP contribution is 2.26. The fourth-order valence-electron chi connectivity index (χ4n) is 3.66. The Balaban J connectivity index is 1.71. The van der Waals surface area contributed by atoms with E-state index >= 15 is 0 Å². The third-order valence-electron chi connectivity index (χ3n) is 5.27. The van der Waals surface area contributed by atoms with Crippen molar-refractivity contribution < 1.29 is 19.2 Å². The van der Waals surface area contributed by atoms with E-state index in [9.17, 15) is 19.2 Å². The second-order valence-corrected chi connectivity index (χ2v) is 7.40. The van der Waals surface area contributed by atoms with Crippen molar-refractivity contribution in [2.75, 3.05) is 11.9 Å². The molecule has 3 aromatic carbocycles. The molecule has 0 aromatic heterocycles. The predicted octanol–water partition coefficient (Wildman–Crippen LogP) is 4.70.